The lowest BCUT2D eigenvalue weighted by atomic mass is 9.99. The van der Waals surface area contributed by atoms with Crippen molar-refractivity contribution in [2.45, 2.75) is 32.8 Å². The summed E-state index contributed by atoms with van der Waals surface area (Å²) in [5.74, 6) is -1.19. The first-order valence-corrected chi connectivity index (χ1v) is 8.65. The van der Waals surface area contributed by atoms with E-state index in [-0.39, 0.29) is 23.3 Å². The number of anilines is 2. The number of rotatable bonds is 4. The Kier molecular flexibility index (Phi) is 5.16. The van der Waals surface area contributed by atoms with Gasteiger partial charge in [0.25, 0.3) is 5.91 Å². The van der Waals surface area contributed by atoms with Gasteiger partial charge in [-0.05, 0) is 30.4 Å². The number of fused-ring (bicyclic) bond motifs is 1. The zero-order valence-electron chi connectivity index (χ0n) is 14.9. The first-order chi connectivity index (χ1) is 12.5. The van der Waals surface area contributed by atoms with Crippen LogP contribution in [-0.2, 0) is 16.0 Å². The van der Waals surface area contributed by atoms with Crippen molar-refractivity contribution >= 4 is 23.4 Å². The number of hydrogen-bond acceptors (Lipinski definition) is 6. The van der Waals surface area contributed by atoms with Crippen LogP contribution in [0.5, 0.6) is 0 Å². The Bertz CT molecular complexity index is 822. The molecule has 1 aliphatic rings. The minimum atomic E-state index is -0.921. The van der Waals surface area contributed by atoms with Gasteiger partial charge in [0.15, 0.2) is 17.6 Å². The summed E-state index contributed by atoms with van der Waals surface area (Å²) in [6, 6.07) is 7.81. The number of nitrogens with two attached hydrogens (primary N) is 1. The maximum atomic E-state index is 13.1. The minimum absolute atomic E-state index is 0.0178. The van der Waals surface area contributed by atoms with Crippen LogP contribution in [0.2, 0.25) is 0 Å². The van der Waals surface area contributed by atoms with Gasteiger partial charge >= 0.3 is 5.97 Å². The Morgan fingerprint density at radius 1 is 1.19 bits per heavy atom. The van der Waals surface area contributed by atoms with Crippen molar-refractivity contribution in [2.24, 2.45) is 5.92 Å². The van der Waals surface area contributed by atoms with E-state index in [0.717, 1.165) is 24.1 Å². The van der Waals surface area contributed by atoms with E-state index in [2.05, 4.69) is 9.97 Å². The number of esters is 1. The lowest BCUT2D eigenvalue weighted by Gasteiger charge is -2.33. The molecule has 26 heavy (non-hydrogen) atoms. The van der Waals surface area contributed by atoms with Crippen molar-refractivity contribution < 1.29 is 14.3 Å². The molecule has 7 nitrogen and oxygen atoms in total. The molecule has 1 aromatic heterocycles. The Balaban J connectivity index is 1.84. The maximum Gasteiger partial charge on any atom is 0.361 e. The highest BCUT2D eigenvalue weighted by Crippen LogP contribution is 2.28. The van der Waals surface area contributed by atoms with Gasteiger partial charge < -0.3 is 15.4 Å². The smallest absolute Gasteiger partial charge is 0.361 e. The van der Waals surface area contributed by atoms with E-state index in [1.807, 2.05) is 38.1 Å². The molecule has 0 aliphatic carbocycles. The van der Waals surface area contributed by atoms with E-state index in [9.17, 15) is 9.59 Å². The van der Waals surface area contributed by atoms with Crippen molar-refractivity contribution in [1.82, 2.24) is 9.97 Å². The molecular formula is C19H22N4O3. The average molecular weight is 354 g/mol. The van der Waals surface area contributed by atoms with Gasteiger partial charge in [0.1, 0.15) is 0 Å². The number of ether oxygens (including phenoxy) is 1. The first-order valence-electron chi connectivity index (χ1n) is 8.65. The van der Waals surface area contributed by atoms with Crippen LogP contribution >= 0.6 is 0 Å². The van der Waals surface area contributed by atoms with Crippen molar-refractivity contribution in [3.63, 3.8) is 0 Å². The molecule has 0 fully saturated rings. The summed E-state index contributed by atoms with van der Waals surface area (Å²) in [5.41, 5.74) is 7.61. The summed E-state index contributed by atoms with van der Waals surface area (Å²) in [6.45, 7) is 4.28. The van der Waals surface area contributed by atoms with E-state index in [0.29, 0.717) is 6.54 Å². The number of nitrogen functional groups attached to an aromatic ring is 1. The SMILES string of the molecule is CC(C)C(OC(=O)c1nccnc1N)C(=O)N1CCCc2ccccc21. The van der Waals surface area contributed by atoms with Crippen LogP contribution < -0.4 is 10.6 Å². The second kappa shape index (κ2) is 7.51. The van der Waals surface area contributed by atoms with Crippen LogP contribution in [0, 0.1) is 5.92 Å². The lowest BCUT2D eigenvalue weighted by molar-refractivity contribution is -0.129. The number of hydrogen-bond donors (Lipinski definition) is 1. The van der Waals surface area contributed by atoms with Gasteiger partial charge in [-0.2, -0.15) is 0 Å². The summed E-state index contributed by atoms with van der Waals surface area (Å²) in [7, 11) is 0. The highest BCUT2D eigenvalue weighted by atomic mass is 16.5. The lowest BCUT2D eigenvalue weighted by Crippen LogP contribution is -2.46. The van der Waals surface area contributed by atoms with Crippen LogP contribution in [0.1, 0.15) is 36.3 Å². The molecule has 7 heteroatoms. The molecule has 3 rings (SSSR count). The van der Waals surface area contributed by atoms with Gasteiger partial charge in [-0.3, -0.25) is 4.79 Å². The summed E-state index contributed by atoms with van der Waals surface area (Å²) >= 11 is 0. The molecule has 1 unspecified atom stereocenters. The molecule has 0 spiro atoms. The maximum absolute atomic E-state index is 13.1. The van der Waals surface area contributed by atoms with E-state index in [1.54, 1.807) is 4.90 Å². The van der Waals surface area contributed by atoms with Crippen LogP contribution in [0.4, 0.5) is 11.5 Å². The van der Waals surface area contributed by atoms with E-state index >= 15 is 0 Å². The first kappa shape index (κ1) is 17.8. The van der Waals surface area contributed by atoms with Gasteiger partial charge in [-0.1, -0.05) is 32.0 Å². The van der Waals surface area contributed by atoms with Gasteiger partial charge in [0, 0.05) is 24.6 Å². The van der Waals surface area contributed by atoms with E-state index < -0.39 is 12.1 Å². The van der Waals surface area contributed by atoms with Crippen molar-refractivity contribution in [3.8, 4) is 0 Å². The Morgan fingerprint density at radius 2 is 1.92 bits per heavy atom. The number of para-hydroxylation sites is 1. The normalized spacial score (nSPS) is 14.7. The quantitative estimate of drug-likeness (QED) is 0.845. The standard InChI is InChI=1S/C19H22N4O3/c1-12(2)16(26-19(25)15-17(20)22-10-9-21-15)18(24)23-11-5-7-13-6-3-4-8-14(13)23/h3-4,6,8-10,12,16H,5,7,11H2,1-2H3,(H2,20,22). The number of amides is 1. The van der Waals surface area contributed by atoms with Crippen molar-refractivity contribution in [2.75, 3.05) is 17.2 Å². The molecule has 0 saturated heterocycles. The molecule has 0 saturated carbocycles. The molecule has 1 amide bonds. The largest absolute Gasteiger partial charge is 0.447 e. The van der Waals surface area contributed by atoms with Crippen molar-refractivity contribution in [1.29, 1.82) is 0 Å². The summed E-state index contributed by atoms with van der Waals surface area (Å²) < 4.78 is 5.50. The molecule has 0 bridgehead atoms. The molecule has 1 aliphatic heterocycles. The molecule has 136 valence electrons. The predicted molar refractivity (Wildman–Crippen MR) is 97.6 cm³/mol. The van der Waals surface area contributed by atoms with Crippen LogP contribution in [0.25, 0.3) is 0 Å². The monoisotopic (exact) mass is 354 g/mol. The third-order valence-corrected chi connectivity index (χ3v) is 4.38. The summed E-state index contributed by atoms with van der Waals surface area (Å²) in [5, 5.41) is 0. The summed E-state index contributed by atoms with van der Waals surface area (Å²) in [6.07, 6.45) is 3.64. The fourth-order valence-corrected chi connectivity index (χ4v) is 3.06. The molecule has 2 N–H and O–H groups in total. The second-order valence-electron chi connectivity index (χ2n) is 6.58. The zero-order chi connectivity index (χ0) is 18.7. The molecule has 0 radical (unpaired) electrons. The van der Waals surface area contributed by atoms with Gasteiger partial charge in [-0.15, -0.1) is 0 Å². The van der Waals surface area contributed by atoms with E-state index in [4.69, 9.17) is 10.5 Å². The number of aryl methyl sites for hydroxylation is 1. The van der Waals surface area contributed by atoms with Crippen LogP contribution in [-0.4, -0.2) is 34.5 Å². The fourth-order valence-electron chi connectivity index (χ4n) is 3.06. The molecule has 1 atom stereocenters. The van der Waals surface area contributed by atoms with Crippen LogP contribution in [0.15, 0.2) is 36.7 Å². The third kappa shape index (κ3) is 3.51. The molecule has 2 aromatic rings. The Labute approximate surface area is 152 Å². The number of aromatic nitrogens is 2. The Hall–Kier alpha value is -2.96. The predicted octanol–water partition coefficient (Wildman–Crippen LogP) is 2.22. The molecule has 1 aromatic carbocycles. The van der Waals surface area contributed by atoms with Gasteiger partial charge in [0.05, 0.1) is 0 Å². The van der Waals surface area contributed by atoms with Crippen LogP contribution in [0.3, 0.4) is 0 Å². The topological polar surface area (TPSA) is 98.4 Å². The highest BCUT2D eigenvalue weighted by Gasteiger charge is 2.34. The van der Waals surface area contributed by atoms with Crippen molar-refractivity contribution in [3.05, 3.63) is 47.9 Å². The van der Waals surface area contributed by atoms with Gasteiger partial charge in [-0.25, -0.2) is 14.8 Å². The number of carbonyl (C=O) groups is 2. The molecular weight excluding hydrogens is 332 g/mol. The number of benzene rings is 1. The average Bonchev–Trinajstić information content (AvgIpc) is 2.65. The molecule has 2 heterocycles. The third-order valence-electron chi connectivity index (χ3n) is 4.38. The summed E-state index contributed by atoms with van der Waals surface area (Å²) in [4.78, 5) is 35.0. The second-order valence-corrected chi connectivity index (χ2v) is 6.58. The fraction of sp³-hybridized carbons (Fsp3) is 0.368. The Morgan fingerprint density at radius 3 is 2.65 bits per heavy atom. The zero-order valence-corrected chi connectivity index (χ0v) is 14.9. The van der Waals surface area contributed by atoms with Gasteiger partial charge in [0.2, 0.25) is 0 Å². The number of nitrogens with zero attached hydrogens (tertiary/aromatic N) is 3. The number of carbonyl (C=O) groups excluding carboxylic acids is 2. The van der Waals surface area contributed by atoms with E-state index in [1.165, 1.54) is 12.4 Å². The highest BCUT2D eigenvalue weighted by molar-refractivity contribution is 6.00. The minimum Gasteiger partial charge on any atom is -0.447 e.